The Morgan fingerprint density at radius 1 is 1.42 bits per heavy atom. The van der Waals surface area contributed by atoms with Gasteiger partial charge in [-0.2, -0.15) is 0 Å². The number of carbonyl (C=O) groups is 1. The van der Waals surface area contributed by atoms with Crippen molar-refractivity contribution < 1.29 is 14.3 Å². The van der Waals surface area contributed by atoms with Crippen LogP contribution in [0, 0.1) is 0 Å². The van der Waals surface area contributed by atoms with Crippen molar-refractivity contribution in [2.24, 2.45) is 0 Å². The van der Waals surface area contributed by atoms with Gasteiger partial charge in [-0.3, -0.25) is 4.84 Å². The first-order chi connectivity index (χ1) is 5.27. The van der Waals surface area contributed by atoms with E-state index in [1.54, 1.807) is 6.92 Å². The van der Waals surface area contributed by atoms with E-state index < -0.39 is 0 Å². The maximum atomic E-state index is 11.1. The van der Waals surface area contributed by atoms with Gasteiger partial charge in [-0.15, -0.1) is 4.65 Å². The van der Waals surface area contributed by atoms with Crippen molar-refractivity contribution in [2.45, 2.75) is 26.8 Å². The summed E-state index contributed by atoms with van der Waals surface area (Å²) in [7, 11) is 3.68. The van der Waals surface area contributed by atoms with Crippen molar-refractivity contribution in [3.05, 3.63) is 12.2 Å². The van der Waals surface area contributed by atoms with E-state index >= 15 is 0 Å². The smallest absolute Gasteiger partial charge is 0.272 e. The number of carbonyl (C=O) groups excluding carboxylic acids is 1. The zero-order valence-electron chi connectivity index (χ0n) is 8.55. The molecule has 0 radical (unpaired) electrons. The molecule has 0 spiro atoms. The molecule has 0 aliphatic carbocycles. The molecule has 0 aromatic heterocycles. The minimum absolute atomic E-state index is 0.228. The zero-order valence-corrected chi connectivity index (χ0v) is 8.55. The number of rotatable bonds is 3. The van der Waals surface area contributed by atoms with Crippen LogP contribution in [-0.2, 0) is 9.63 Å². The summed E-state index contributed by atoms with van der Waals surface area (Å²) in [6.07, 6.45) is 0. The van der Waals surface area contributed by atoms with Crippen molar-refractivity contribution in [3.8, 4) is 0 Å². The molecule has 0 fully saturated rings. The van der Waals surface area contributed by atoms with E-state index in [2.05, 4.69) is 6.58 Å². The monoisotopic (exact) mass is 172 g/mol. The van der Waals surface area contributed by atoms with Gasteiger partial charge in [-0.1, -0.05) is 6.58 Å². The summed E-state index contributed by atoms with van der Waals surface area (Å²) in [6, 6.07) is 0.244. The Balaban J connectivity index is 4.25. The van der Waals surface area contributed by atoms with E-state index in [0.717, 1.165) is 0 Å². The molecule has 0 bridgehead atoms. The van der Waals surface area contributed by atoms with Crippen LogP contribution in [0.25, 0.3) is 0 Å². The average Bonchev–Trinajstić information content (AvgIpc) is 1.85. The molecule has 0 aliphatic heterocycles. The topological polar surface area (TPSA) is 26.3 Å². The van der Waals surface area contributed by atoms with Crippen LogP contribution in [0.5, 0.6) is 0 Å². The van der Waals surface area contributed by atoms with Crippen molar-refractivity contribution in [2.75, 3.05) is 14.1 Å². The number of hydrogen-bond donors (Lipinski definition) is 0. The SMILES string of the molecule is C=C(C)C(=O)O[N+](C)(C)C(C)C. The van der Waals surface area contributed by atoms with E-state index in [0.29, 0.717) is 5.57 Å². The molecule has 0 rings (SSSR count). The lowest BCUT2D eigenvalue weighted by Gasteiger charge is -2.29. The van der Waals surface area contributed by atoms with E-state index in [-0.39, 0.29) is 16.7 Å². The van der Waals surface area contributed by atoms with Crippen molar-refractivity contribution in [3.63, 3.8) is 0 Å². The summed E-state index contributed by atoms with van der Waals surface area (Å²) in [5.74, 6) is -0.339. The van der Waals surface area contributed by atoms with Gasteiger partial charge in [0.05, 0.1) is 0 Å². The molecule has 0 aromatic rings. The first kappa shape index (κ1) is 11.2. The largest absolute Gasteiger partial charge is 0.392 e. The highest BCUT2D eigenvalue weighted by atomic mass is 16.7. The van der Waals surface area contributed by atoms with Gasteiger partial charge in [0.2, 0.25) is 0 Å². The van der Waals surface area contributed by atoms with Crippen LogP contribution in [0.1, 0.15) is 20.8 Å². The summed E-state index contributed by atoms with van der Waals surface area (Å²) in [5, 5.41) is 0. The molecule has 0 unspecified atom stereocenters. The fourth-order valence-electron chi connectivity index (χ4n) is 0.397. The second kappa shape index (κ2) is 3.72. The molecule has 0 aromatic carbocycles. The molecular weight excluding hydrogens is 154 g/mol. The predicted octanol–water partition coefficient (Wildman–Crippen LogP) is 1.51. The molecule has 0 atom stereocenters. The quantitative estimate of drug-likeness (QED) is 0.366. The number of hydroxylamine groups is 3. The van der Waals surface area contributed by atoms with Crippen LogP contribution in [0.2, 0.25) is 0 Å². The standard InChI is InChI=1S/C9H18NO2/c1-7(2)9(11)12-10(5,6)8(3)4/h8H,1H2,2-6H3/q+1. The molecule has 0 heterocycles. The molecule has 3 nitrogen and oxygen atoms in total. The zero-order chi connectivity index (χ0) is 9.94. The summed E-state index contributed by atoms with van der Waals surface area (Å²) in [6.45, 7) is 9.14. The third-order valence-electron chi connectivity index (χ3n) is 1.91. The Morgan fingerprint density at radius 3 is 2.08 bits per heavy atom. The van der Waals surface area contributed by atoms with Crippen LogP contribution in [0.3, 0.4) is 0 Å². The van der Waals surface area contributed by atoms with Gasteiger partial charge in [0.25, 0.3) is 0 Å². The maximum Gasteiger partial charge on any atom is 0.392 e. The lowest BCUT2D eigenvalue weighted by molar-refractivity contribution is -1.08. The highest BCUT2D eigenvalue weighted by molar-refractivity contribution is 5.86. The van der Waals surface area contributed by atoms with Gasteiger partial charge in [-0.05, 0) is 20.8 Å². The summed E-state index contributed by atoms with van der Waals surface area (Å²) in [4.78, 5) is 16.3. The first-order valence-electron chi connectivity index (χ1n) is 4.00. The van der Waals surface area contributed by atoms with Crippen molar-refractivity contribution >= 4 is 5.97 Å². The van der Waals surface area contributed by atoms with Crippen LogP contribution in [0.15, 0.2) is 12.2 Å². The number of nitrogens with zero attached hydrogens (tertiary/aromatic N) is 1. The number of hydrogen-bond acceptors (Lipinski definition) is 2. The molecule has 12 heavy (non-hydrogen) atoms. The van der Waals surface area contributed by atoms with E-state index in [9.17, 15) is 4.79 Å². The van der Waals surface area contributed by atoms with E-state index in [1.165, 1.54) is 0 Å². The number of quaternary nitrogens is 1. The fourth-order valence-corrected chi connectivity index (χ4v) is 0.397. The van der Waals surface area contributed by atoms with E-state index in [1.807, 2.05) is 27.9 Å². The first-order valence-corrected chi connectivity index (χ1v) is 4.00. The Morgan fingerprint density at radius 2 is 1.83 bits per heavy atom. The minimum atomic E-state index is -0.339. The summed E-state index contributed by atoms with van der Waals surface area (Å²) < 4.78 is 0.228. The molecule has 70 valence electrons. The Bertz CT molecular complexity index is 195. The molecule has 0 saturated heterocycles. The molecular formula is C9H18NO2+. The lowest BCUT2D eigenvalue weighted by atomic mass is 10.3. The highest BCUT2D eigenvalue weighted by Crippen LogP contribution is 2.08. The van der Waals surface area contributed by atoms with Crippen LogP contribution < -0.4 is 0 Å². The van der Waals surface area contributed by atoms with Crippen LogP contribution >= 0.6 is 0 Å². The van der Waals surface area contributed by atoms with Gasteiger partial charge >= 0.3 is 5.97 Å². The molecule has 0 aliphatic rings. The molecule has 0 amide bonds. The lowest BCUT2D eigenvalue weighted by Crippen LogP contribution is -2.47. The van der Waals surface area contributed by atoms with Gasteiger partial charge in [-0.25, -0.2) is 4.79 Å². The van der Waals surface area contributed by atoms with E-state index in [4.69, 9.17) is 4.84 Å². The second-order valence-electron chi connectivity index (χ2n) is 3.69. The average molecular weight is 172 g/mol. The van der Waals surface area contributed by atoms with Gasteiger partial charge in [0, 0.05) is 5.57 Å². The Hall–Kier alpha value is -0.830. The molecule has 0 saturated carbocycles. The molecule has 3 heteroatoms. The second-order valence-corrected chi connectivity index (χ2v) is 3.69. The fraction of sp³-hybridized carbons (Fsp3) is 0.667. The molecule has 0 N–H and O–H groups in total. The predicted molar refractivity (Wildman–Crippen MR) is 48.2 cm³/mol. The third-order valence-corrected chi connectivity index (χ3v) is 1.91. The van der Waals surface area contributed by atoms with Gasteiger partial charge in [0.1, 0.15) is 20.1 Å². The highest BCUT2D eigenvalue weighted by Gasteiger charge is 2.26. The Kier molecular flexibility index (Phi) is 3.46. The van der Waals surface area contributed by atoms with Gasteiger partial charge in [0.15, 0.2) is 0 Å². The normalized spacial score (nSPS) is 11.5. The van der Waals surface area contributed by atoms with Crippen molar-refractivity contribution in [1.29, 1.82) is 0 Å². The Labute approximate surface area is 74.2 Å². The summed E-state index contributed by atoms with van der Waals surface area (Å²) >= 11 is 0. The van der Waals surface area contributed by atoms with Gasteiger partial charge < -0.3 is 0 Å². The van der Waals surface area contributed by atoms with Crippen LogP contribution in [-0.4, -0.2) is 30.8 Å². The third kappa shape index (κ3) is 3.05. The minimum Gasteiger partial charge on any atom is -0.272 e. The summed E-state index contributed by atoms with van der Waals surface area (Å²) in [5.41, 5.74) is 0.432. The van der Waals surface area contributed by atoms with Crippen LogP contribution in [0.4, 0.5) is 0 Å². The maximum absolute atomic E-state index is 11.1. The van der Waals surface area contributed by atoms with Crippen molar-refractivity contribution in [1.82, 2.24) is 0 Å².